The smallest absolute Gasteiger partial charge is 0.302 e. The minimum absolute atomic E-state index is 0.226. The Morgan fingerprint density at radius 2 is 1.67 bits per heavy atom. The van der Waals surface area contributed by atoms with Gasteiger partial charge < -0.3 is 14.7 Å². The molecule has 0 aromatic heterocycles. The Morgan fingerprint density at radius 3 is 2.14 bits per heavy atom. The van der Waals surface area contributed by atoms with Crippen molar-refractivity contribution in [3.8, 4) is 0 Å². The van der Waals surface area contributed by atoms with Gasteiger partial charge in [-0.3, -0.25) is 4.52 Å². The summed E-state index contributed by atoms with van der Waals surface area (Å²) in [7, 11) is -9.83. The van der Waals surface area contributed by atoms with Gasteiger partial charge in [0.25, 0.3) is 0 Å². The van der Waals surface area contributed by atoms with Crippen molar-refractivity contribution in [1.29, 1.82) is 0 Å². The van der Waals surface area contributed by atoms with Crippen LogP contribution in [-0.2, 0) is 18.0 Å². The largest absolute Gasteiger partial charge is 0.481 e. The highest BCUT2D eigenvalue weighted by molar-refractivity contribution is 7.60. The number of allylic oxidation sites excluding steroid dienone is 3. The van der Waals surface area contributed by atoms with Crippen LogP contribution < -0.4 is 0 Å². The molecule has 0 saturated carbocycles. The maximum absolute atomic E-state index is 11.3. The maximum Gasteiger partial charge on any atom is 0.481 e. The van der Waals surface area contributed by atoms with E-state index in [0.29, 0.717) is 0 Å². The average Bonchev–Trinajstić information content (AvgIpc) is 2.32. The molecule has 0 heterocycles. The van der Waals surface area contributed by atoms with Gasteiger partial charge in [-0.25, -0.2) is 9.13 Å². The summed E-state index contributed by atoms with van der Waals surface area (Å²) in [5, 5.41) is 0. The van der Waals surface area contributed by atoms with Crippen LogP contribution in [-0.4, -0.2) is 21.3 Å². The van der Waals surface area contributed by atoms with Gasteiger partial charge in [-0.15, -0.1) is 0 Å². The molecule has 0 saturated heterocycles. The van der Waals surface area contributed by atoms with Crippen LogP contribution in [0.15, 0.2) is 22.8 Å². The molecular formula is C12H24O7P2. The lowest BCUT2D eigenvalue weighted by atomic mass is 10.1. The predicted octanol–water partition coefficient (Wildman–Crippen LogP) is 3.69. The van der Waals surface area contributed by atoms with Gasteiger partial charge in [-0.1, -0.05) is 24.1 Å². The van der Waals surface area contributed by atoms with Crippen LogP contribution >= 0.6 is 15.6 Å². The fourth-order valence-electron chi connectivity index (χ4n) is 1.35. The number of hydrogen-bond donors (Lipinski definition) is 3. The van der Waals surface area contributed by atoms with E-state index in [4.69, 9.17) is 14.7 Å². The lowest BCUT2D eigenvalue weighted by Crippen LogP contribution is -1.99. The Labute approximate surface area is 125 Å². The van der Waals surface area contributed by atoms with E-state index in [0.717, 1.165) is 30.4 Å². The average molecular weight is 342 g/mol. The van der Waals surface area contributed by atoms with Gasteiger partial charge in [0.1, 0.15) is 0 Å². The van der Waals surface area contributed by atoms with Crippen LogP contribution in [0.5, 0.6) is 0 Å². The predicted molar refractivity (Wildman–Crippen MR) is 80.6 cm³/mol. The topological polar surface area (TPSA) is 113 Å². The SMILES string of the molecule is CC/C(C)=C\CC/C(C)=C(\C)COP(=O)(O)OP(=O)(O)O. The van der Waals surface area contributed by atoms with E-state index in [1.165, 1.54) is 5.57 Å². The Bertz CT molecular complexity index is 490. The zero-order valence-electron chi connectivity index (χ0n) is 12.8. The van der Waals surface area contributed by atoms with Gasteiger partial charge in [0.15, 0.2) is 0 Å². The molecule has 3 N–H and O–H groups in total. The highest BCUT2D eigenvalue weighted by Gasteiger charge is 2.32. The molecule has 0 fully saturated rings. The molecule has 0 amide bonds. The van der Waals surface area contributed by atoms with Crippen LogP contribution in [0.25, 0.3) is 0 Å². The van der Waals surface area contributed by atoms with E-state index in [1.54, 1.807) is 6.92 Å². The third-order valence-electron chi connectivity index (χ3n) is 2.95. The van der Waals surface area contributed by atoms with Crippen molar-refractivity contribution in [2.45, 2.75) is 47.0 Å². The minimum atomic E-state index is -5.07. The first-order chi connectivity index (χ1) is 9.47. The van der Waals surface area contributed by atoms with Gasteiger partial charge in [0.05, 0.1) is 6.61 Å². The molecule has 0 spiro atoms. The molecule has 0 aliphatic rings. The fraction of sp³-hybridized carbons (Fsp3) is 0.667. The quantitative estimate of drug-likeness (QED) is 0.432. The van der Waals surface area contributed by atoms with Crippen molar-refractivity contribution < 1.29 is 32.6 Å². The Kier molecular flexibility index (Phi) is 8.90. The summed E-state index contributed by atoms with van der Waals surface area (Å²) < 4.78 is 30.1. The van der Waals surface area contributed by atoms with Crippen molar-refractivity contribution in [2.24, 2.45) is 0 Å². The third kappa shape index (κ3) is 11.0. The van der Waals surface area contributed by atoms with E-state index in [1.807, 2.05) is 6.92 Å². The second kappa shape index (κ2) is 9.01. The molecule has 0 radical (unpaired) electrons. The zero-order chi connectivity index (χ0) is 16.7. The summed E-state index contributed by atoms with van der Waals surface area (Å²) in [6.07, 6.45) is 4.77. The van der Waals surface area contributed by atoms with E-state index < -0.39 is 15.6 Å². The van der Waals surface area contributed by atoms with Gasteiger partial charge in [0.2, 0.25) is 0 Å². The normalized spacial score (nSPS) is 17.4. The van der Waals surface area contributed by atoms with Gasteiger partial charge in [-0.2, -0.15) is 4.31 Å². The third-order valence-corrected chi connectivity index (χ3v) is 5.08. The molecule has 124 valence electrons. The van der Waals surface area contributed by atoms with E-state index in [9.17, 15) is 9.13 Å². The second-order valence-corrected chi connectivity index (χ2v) is 7.65. The van der Waals surface area contributed by atoms with Crippen molar-refractivity contribution in [3.63, 3.8) is 0 Å². The monoisotopic (exact) mass is 342 g/mol. The summed E-state index contributed by atoms with van der Waals surface area (Å²) >= 11 is 0. The lowest BCUT2D eigenvalue weighted by molar-refractivity contribution is 0.188. The van der Waals surface area contributed by atoms with Crippen LogP contribution in [0.3, 0.4) is 0 Å². The van der Waals surface area contributed by atoms with Crippen molar-refractivity contribution in [3.05, 3.63) is 22.8 Å². The van der Waals surface area contributed by atoms with Crippen LogP contribution in [0.2, 0.25) is 0 Å². The molecule has 21 heavy (non-hydrogen) atoms. The van der Waals surface area contributed by atoms with Crippen LogP contribution in [0.4, 0.5) is 0 Å². The standard InChI is InChI=1S/C12H24O7P2/c1-5-10(2)7-6-8-11(3)12(4)9-18-21(16,17)19-20(13,14)15/h7H,5-6,8-9H2,1-4H3,(H,16,17)(H2,13,14,15)/b10-7-,12-11+. The number of phosphoric acid groups is 2. The minimum Gasteiger partial charge on any atom is -0.302 e. The number of hydrogen-bond acceptors (Lipinski definition) is 4. The fourth-order valence-corrected chi connectivity index (χ4v) is 2.97. The summed E-state index contributed by atoms with van der Waals surface area (Å²) in [6, 6.07) is 0. The second-order valence-electron chi connectivity index (χ2n) is 4.82. The van der Waals surface area contributed by atoms with Crippen molar-refractivity contribution >= 4 is 15.6 Å². The van der Waals surface area contributed by atoms with Crippen LogP contribution in [0.1, 0.15) is 47.0 Å². The first kappa shape index (κ1) is 20.7. The van der Waals surface area contributed by atoms with Crippen molar-refractivity contribution in [2.75, 3.05) is 6.61 Å². The molecule has 0 aromatic carbocycles. The number of rotatable bonds is 9. The van der Waals surface area contributed by atoms with Crippen molar-refractivity contribution in [1.82, 2.24) is 0 Å². The molecule has 0 bridgehead atoms. The summed E-state index contributed by atoms with van der Waals surface area (Å²) in [5.74, 6) is 0. The molecule has 0 aliphatic heterocycles. The summed E-state index contributed by atoms with van der Waals surface area (Å²) in [4.78, 5) is 26.1. The molecule has 0 aliphatic carbocycles. The first-order valence-electron chi connectivity index (χ1n) is 6.52. The molecule has 7 nitrogen and oxygen atoms in total. The van der Waals surface area contributed by atoms with Gasteiger partial charge in [0, 0.05) is 0 Å². The Balaban J connectivity index is 4.46. The maximum atomic E-state index is 11.3. The van der Waals surface area contributed by atoms with Gasteiger partial charge >= 0.3 is 15.6 Å². The zero-order valence-corrected chi connectivity index (χ0v) is 14.6. The summed E-state index contributed by atoms with van der Waals surface area (Å²) in [6.45, 7) is 7.50. The first-order valence-corrected chi connectivity index (χ1v) is 9.54. The molecule has 1 unspecified atom stereocenters. The van der Waals surface area contributed by atoms with Crippen LogP contribution in [0, 0.1) is 0 Å². The molecule has 1 atom stereocenters. The lowest BCUT2D eigenvalue weighted by Gasteiger charge is -2.13. The van der Waals surface area contributed by atoms with Gasteiger partial charge in [-0.05, 0) is 45.6 Å². The molecular weight excluding hydrogens is 318 g/mol. The highest BCUT2D eigenvalue weighted by atomic mass is 31.3. The highest BCUT2D eigenvalue weighted by Crippen LogP contribution is 2.57. The molecule has 0 aromatic rings. The van der Waals surface area contributed by atoms with E-state index >= 15 is 0 Å². The molecule has 9 heteroatoms. The molecule has 0 rings (SSSR count). The van der Waals surface area contributed by atoms with E-state index in [-0.39, 0.29) is 6.61 Å². The Hall–Kier alpha value is -0.260. The summed E-state index contributed by atoms with van der Waals surface area (Å²) in [5.41, 5.74) is 3.01. The number of phosphoric ester groups is 1. The van der Waals surface area contributed by atoms with E-state index in [2.05, 4.69) is 28.8 Å². The Morgan fingerprint density at radius 1 is 1.10 bits per heavy atom.